The molecule has 80 valence electrons. The lowest BCUT2D eigenvalue weighted by atomic mass is 10.0. The molecule has 15 heavy (non-hydrogen) atoms. The number of nitrogens with two attached hydrogens (primary N) is 1. The summed E-state index contributed by atoms with van der Waals surface area (Å²) in [7, 11) is 0. The van der Waals surface area contributed by atoms with Crippen molar-refractivity contribution in [3.8, 4) is 0 Å². The van der Waals surface area contributed by atoms with Gasteiger partial charge in [0.1, 0.15) is 5.82 Å². The third kappa shape index (κ3) is 1.79. The first-order valence-corrected chi connectivity index (χ1v) is 5.27. The maximum absolute atomic E-state index is 13.9. The van der Waals surface area contributed by atoms with Crippen molar-refractivity contribution in [2.75, 3.05) is 6.54 Å². The Balaban J connectivity index is 2.38. The van der Waals surface area contributed by atoms with Crippen LogP contribution < -0.4 is 5.73 Å². The predicted octanol–water partition coefficient (Wildman–Crippen LogP) is 1.85. The highest BCUT2D eigenvalue weighted by molar-refractivity contribution is 5.96. The van der Waals surface area contributed by atoms with E-state index in [0.29, 0.717) is 0 Å². The summed E-state index contributed by atoms with van der Waals surface area (Å²) in [6.07, 6.45) is 2.89. The zero-order valence-electron chi connectivity index (χ0n) is 8.55. The molecule has 0 atom stereocenters. The number of benzene rings is 1. The Morgan fingerprint density at radius 2 is 2.20 bits per heavy atom. The van der Waals surface area contributed by atoms with Gasteiger partial charge in [0.25, 0.3) is 0 Å². The number of Topliss-reactive ketones (excluding diaryl/α,β-unsaturated/α-hetero) is 1. The average molecular weight is 207 g/mol. The molecule has 1 aliphatic carbocycles. The smallest absolute Gasteiger partial charge is 0.167 e. The van der Waals surface area contributed by atoms with E-state index < -0.39 is 0 Å². The highest BCUT2D eigenvalue weighted by atomic mass is 19.1. The molecule has 0 saturated heterocycles. The summed E-state index contributed by atoms with van der Waals surface area (Å²) in [5.41, 5.74) is 7.28. The molecule has 1 aliphatic rings. The first-order chi connectivity index (χ1) is 7.24. The van der Waals surface area contributed by atoms with E-state index in [1.54, 1.807) is 6.07 Å². The van der Waals surface area contributed by atoms with Crippen LogP contribution in [-0.2, 0) is 12.8 Å². The number of carbonyl (C=O) groups is 1. The minimum absolute atomic E-state index is 0.190. The van der Waals surface area contributed by atoms with Gasteiger partial charge in [0.2, 0.25) is 0 Å². The van der Waals surface area contributed by atoms with E-state index in [0.717, 1.165) is 30.4 Å². The summed E-state index contributed by atoms with van der Waals surface area (Å²) in [4.78, 5) is 11.5. The molecule has 0 radical (unpaired) electrons. The standard InChI is InChI=1S/C12H14FNO/c13-12-9-3-1-2-8(9)4-5-10(12)11(15)6-7-14/h4-5H,1-3,6-7,14H2. The summed E-state index contributed by atoms with van der Waals surface area (Å²) in [6, 6.07) is 3.46. The van der Waals surface area contributed by atoms with E-state index in [1.165, 1.54) is 0 Å². The lowest BCUT2D eigenvalue weighted by molar-refractivity contribution is 0.0981. The van der Waals surface area contributed by atoms with Crippen molar-refractivity contribution < 1.29 is 9.18 Å². The number of fused-ring (bicyclic) bond motifs is 1. The fraction of sp³-hybridized carbons (Fsp3) is 0.417. The van der Waals surface area contributed by atoms with E-state index >= 15 is 0 Å². The maximum Gasteiger partial charge on any atom is 0.167 e. The van der Waals surface area contributed by atoms with Gasteiger partial charge in [0.05, 0.1) is 5.56 Å². The van der Waals surface area contributed by atoms with Crippen LogP contribution in [0.4, 0.5) is 4.39 Å². The summed E-state index contributed by atoms with van der Waals surface area (Å²) >= 11 is 0. The first kappa shape index (κ1) is 10.3. The number of carbonyl (C=O) groups excluding carboxylic acids is 1. The van der Waals surface area contributed by atoms with Gasteiger partial charge in [-0.15, -0.1) is 0 Å². The predicted molar refractivity (Wildman–Crippen MR) is 56.4 cm³/mol. The molecule has 0 fully saturated rings. The summed E-state index contributed by atoms with van der Waals surface area (Å²) in [5, 5.41) is 0. The monoisotopic (exact) mass is 207 g/mol. The van der Waals surface area contributed by atoms with Crippen molar-refractivity contribution in [1.29, 1.82) is 0 Å². The van der Waals surface area contributed by atoms with Gasteiger partial charge in [-0.1, -0.05) is 6.07 Å². The lowest BCUT2D eigenvalue weighted by Gasteiger charge is -2.06. The number of hydrogen-bond acceptors (Lipinski definition) is 2. The number of rotatable bonds is 3. The summed E-state index contributed by atoms with van der Waals surface area (Å²) in [5.74, 6) is -0.506. The molecular weight excluding hydrogens is 193 g/mol. The molecular formula is C12H14FNO. The molecule has 0 amide bonds. The average Bonchev–Trinajstić information content (AvgIpc) is 2.67. The number of ketones is 1. The van der Waals surface area contributed by atoms with Gasteiger partial charge in [-0.05, 0) is 43.0 Å². The van der Waals surface area contributed by atoms with E-state index in [2.05, 4.69) is 0 Å². The Morgan fingerprint density at radius 3 is 2.93 bits per heavy atom. The van der Waals surface area contributed by atoms with Crippen molar-refractivity contribution in [2.24, 2.45) is 5.73 Å². The van der Waals surface area contributed by atoms with E-state index in [4.69, 9.17) is 5.73 Å². The molecule has 1 aromatic rings. The topological polar surface area (TPSA) is 43.1 Å². The SMILES string of the molecule is NCCC(=O)c1ccc2c(c1F)CCC2. The van der Waals surface area contributed by atoms with Crippen molar-refractivity contribution in [3.63, 3.8) is 0 Å². The van der Waals surface area contributed by atoms with Gasteiger partial charge >= 0.3 is 0 Å². The Kier molecular flexibility index (Phi) is 2.82. The van der Waals surface area contributed by atoms with Crippen LogP contribution in [0.15, 0.2) is 12.1 Å². The van der Waals surface area contributed by atoms with E-state index in [1.807, 2.05) is 6.07 Å². The third-order valence-electron chi connectivity index (χ3n) is 2.88. The fourth-order valence-electron chi connectivity index (χ4n) is 2.10. The van der Waals surface area contributed by atoms with Crippen LogP contribution in [0, 0.1) is 5.82 Å². The highest BCUT2D eigenvalue weighted by Gasteiger charge is 2.20. The number of halogens is 1. The molecule has 2 rings (SSSR count). The minimum atomic E-state index is -0.316. The molecule has 2 nitrogen and oxygen atoms in total. The first-order valence-electron chi connectivity index (χ1n) is 5.27. The summed E-state index contributed by atoms with van der Waals surface area (Å²) in [6.45, 7) is 0.273. The maximum atomic E-state index is 13.9. The largest absolute Gasteiger partial charge is 0.330 e. The van der Waals surface area contributed by atoms with Gasteiger partial charge in [-0.25, -0.2) is 4.39 Å². The Bertz CT molecular complexity index is 401. The van der Waals surface area contributed by atoms with Crippen molar-refractivity contribution >= 4 is 5.78 Å². The van der Waals surface area contributed by atoms with Crippen molar-refractivity contribution in [1.82, 2.24) is 0 Å². The third-order valence-corrected chi connectivity index (χ3v) is 2.88. The van der Waals surface area contributed by atoms with Crippen LogP contribution in [-0.4, -0.2) is 12.3 Å². The van der Waals surface area contributed by atoms with Crippen molar-refractivity contribution in [3.05, 3.63) is 34.6 Å². The molecule has 0 unspecified atom stereocenters. The van der Waals surface area contributed by atoms with Crippen LogP contribution >= 0.6 is 0 Å². The van der Waals surface area contributed by atoms with Crippen LogP contribution in [0.5, 0.6) is 0 Å². The Hall–Kier alpha value is -1.22. The van der Waals surface area contributed by atoms with E-state index in [-0.39, 0.29) is 30.1 Å². The molecule has 0 aromatic heterocycles. The zero-order valence-corrected chi connectivity index (χ0v) is 8.55. The van der Waals surface area contributed by atoms with Gasteiger partial charge in [-0.2, -0.15) is 0 Å². The highest BCUT2D eigenvalue weighted by Crippen LogP contribution is 2.27. The molecule has 1 aromatic carbocycles. The fourth-order valence-corrected chi connectivity index (χ4v) is 2.10. The second kappa shape index (κ2) is 4.11. The second-order valence-electron chi connectivity index (χ2n) is 3.88. The van der Waals surface area contributed by atoms with Crippen LogP contribution in [0.3, 0.4) is 0 Å². The van der Waals surface area contributed by atoms with Gasteiger partial charge < -0.3 is 5.73 Å². The van der Waals surface area contributed by atoms with Gasteiger partial charge in [-0.3, -0.25) is 4.79 Å². The van der Waals surface area contributed by atoms with Crippen LogP contribution in [0.1, 0.15) is 34.3 Å². The minimum Gasteiger partial charge on any atom is -0.330 e. The van der Waals surface area contributed by atoms with Gasteiger partial charge in [0, 0.05) is 6.42 Å². The molecule has 0 spiro atoms. The molecule has 0 aliphatic heterocycles. The molecule has 0 heterocycles. The molecule has 0 bridgehead atoms. The quantitative estimate of drug-likeness (QED) is 0.768. The normalized spacial score (nSPS) is 14.0. The van der Waals surface area contributed by atoms with Crippen LogP contribution in [0.2, 0.25) is 0 Å². The van der Waals surface area contributed by atoms with Crippen LogP contribution in [0.25, 0.3) is 0 Å². The molecule has 3 heteroatoms. The van der Waals surface area contributed by atoms with Crippen molar-refractivity contribution in [2.45, 2.75) is 25.7 Å². The number of aryl methyl sites for hydroxylation is 1. The second-order valence-corrected chi connectivity index (χ2v) is 3.88. The van der Waals surface area contributed by atoms with E-state index in [9.17, 15) is 9.18 Å². The summed E-state index contributed by atoms with van der Waals surface area (Å²) < 4.78 is 13.9. The number of hydrogen-bond donors (Lipinski definition) is 1. The molecule has 0 saturated carbocycles. The lowest BCUT2D eigenvalue weighted by Crippen LogP contribution is -2.11. The molecule has 2 N–H and O–H groups in total. The Morgan fingerprint density at radius 1 is 1.40 bits per heavy atom. The Labute approximate surface area is 88.3 Å². The van der Waals surface area contributed by atoms with Gasteiger partial charge in [0.15, 0.2) is 5.78 Å². The zero-order chi connectivity index (χ0) is 10.8.